The number of nitrogens with one attached hydrogen (secondary N) is 1. The predicted octanol–water partition coefficient (Wildman–Crippen LogP) is 3.81. The van der Waals surface area contributed by atoms with Crippen LogP contribution in [0.2, 0.25) is 0 Å². The number of nitro groups is 1. The Bertz CT molecular complexity index is 692. The molecule has 0 heterocycles. The van der Waals surface area contributed by atoms with E-state index >= 15 is 0 Å². The van der Waals surface area contributed by atoms with Crippen molar-refractivity contribution >= 4 is 17.1 Å². The fourth-order valence-electron chi connectivity index (χ4n) is 1.95. The molecule has 0 bridgehead atoms. The smallest absolute Gasteiger partial charge is 0.292 e. The van der Waals surface area contributed by atoms with E-state index in [1.54, 1.807) is 19.2 Å². The molecule has 116 valence electrons. The van der Waals surface area contributed by atoms with Crippen molar-refractivity contribution in [2.45, 2.75) is 6.42 Å². The summed E-state index contributed by atoms with van der Waals surface area (Å²) in [5, 5.41) is 13.7. The van der Waals surface area contributed by atoms with E-state index in [0.717, 1.165) is 11.6 Å². The number of benzene rings is 2. The van der Waals surface area contributed by atoms with Gasteiger partial charge < -0.3 is 10.1 Å². The second-order valence-electron chi connectivity index (χ2n) is 4.60. The minimum Gasteiger partial charge on any atom is -0.384 e. The summed E-state index contributed by atoms with van der Waals surface area (Å²) < 4.78 is 31.5. The van der Waals surface area contributed by atoms with Crippen LogP contribution in [0.3, 0.4) is 0 Å². The van der Waals surface area contributed by atoms with Crippen molar-refractivity contribution in [3.63, 3.8) is 0 Å². The molecule has 0 spiro atoms. The van der Waals surface area contributed by atoms with Crippen LogP contribution in [0.15, 0.2) is 36.4 Å². The zero-order valence-electron chi connectivity index (χ0n) is 11.8. The molecule has 2 rings (SSSR count). The van der Waals surface area contributed by atoms with E-state index in [2.05, 4.69) is 5.32 Å². The molecule has 2 aromatic rings. The summed E-state index contributed by atoms with van der Waals surface area (Å²) in [6.45, 7) is 0.460. The Balaban J connectivity index is 2.35. The third-order valence-electron chi connectivity index (χ3n) is 3.05. The zero-order chi connectivity index (χ0) is 16.1. The van der Waals surface area contributed by atoms with Crippen LogP contribution in [0.1, 0.15) is 5.56 Å². The molecule has 2 aromatic carbocycles. The molecule has 0 amide bonds. The largest absolute Gasteiger partial charge is 0.384 e. The molecule has 0 atom stereocenters. The lowest BCUT2D eigenvalue weighted by Crippen LogP contribution is -2.01. The van der Waals surface area contributed by atoms with Gasteiger partial charge in [0.25, 0.3) is 5.69 Å². The molecular formula is C15H14F2N2O3. The number of hydrogen-bond acceptors (Lipinski definition) is 4. The van der Waals surface area contributed by atoms with Crippen LogP contribution in [-0.2, 0) is 11.2 Å². The molecule has 0 fully saturated rings. The van der Waals surface area contributed by atoms with Crippen LogP contribution < -0.4 is 5.32 Å². The molecule has 1 N–H and O–H groups in total. The van der Waals surface area contributed by atoms with E-state index in [0.29, 0.717) is 19.1 Å². The highest BCUT2D eigenvalue weighted by Gasteiger charge is 2.16. The monoisotopic (exact) mass is 308 g/mol. The average molecular weight is 308 g/mol. The SMILES string of the molecule is COCCc1ccc([N+](=O)[O-])c(Nc2ccc(F)cc2F)c1. The highest BCUT2D eigenvalue weighted by Crippen LogP contribution is 2.30. The van der Waals surface area contributed by atoms with Gasteiger partial charge in [0, 0.05) is 19.2 Å². The summed E-state index contributed by atoms with van der Waals surface area (Å²) >= 11 is 0. The summed E-state index contributed by atoms with van der Waals surface area (Å²) in [6, 6.07) is 7.49. The first-order valence-corrected chi connectivity index (χ1v) is 6.49. The molecular weight excluding hydrogens is 294 g/mol. The van der Waals surface area contributed by atoms with Crippen LogP contribution in [0.25, 0.3) is 0 Å². The van der Waals surface area contributed by atoms with E-state index in [1.165, 1.54) is 12.1 Å². The first kappa shape index (κ1) is 15.8. The standard InChI is InChI=1S/C15H14F2N2O3/c1-22-7-6-10-2-5-15(19(20)21)14(8-10)18-13-4-3-11(16)9-12(13)17/h2-5,8-9,18H,6-7H2,1H3. The van der Waals surface area contributed by atoms with Crippen LogP contribution in [0.4, 0.5) is 25.8 Å². The van der Waals surface area contributed by atoms with Crippen molar-refractivity contribution in [1.29, 1.82) is 0 Å². The molecule has 22 heavy (non-hydrogen) atoms. The van der Waals surface area contributed by atoms with E-state index in [-0.39, 0.29) is 17.1 Å². The third-order valence-corrected chi connectivity index (χ3v) is 3.05. The lowest BCUT2D eigenvalue weighted by molar-refractivity contribution is -0.383. The fraction of sp³-hybridized carbons (Fsp3) is 0.200. The Hall–Kier alpha value is -2.54. The highest BCUT2D eigenvalue weighted by molar-refractivity contribution is 5.70. The molecule has 0 aliphatic heterocycles. The van der Waals surface area contributed by atoms with Gasteiger partial charge in [-0.25, -0.2) is 8.78 Å². The minimum atomic E-state index is -0.823. The quantitative estimate of drug-likeness (QED) is 0.651. The molecule has 0 aromatic heterocycles. The van der Waals surface area contributed by atoms with Gasteiger partial charge in [0.05, 0.1) is 17.2 Å². The van der Waals surface area contributed by atoms with Gasteiger partial charge in [-0.2, -0.15) is 0 Å². The lowest BCUT2D eigenvalue weighted by Gasteiger charge is -2.10. The van der Waals surface area contributed by atoms with Crippen LogP contribution in [-0.4, -0.2) is 18.6 Å². The first-order valence-electron chi connectivity index (χ1n) is 6.49. The van der Waals surface area contributed by atoms with E-state index in [1.807, 2.05) is 0 Å². The highest BCUT2D eigenvalue weighted by atomic mass is 19.1. The first-order chi connectivity index (χ1) is 10.5. The molecule has 0 saturated carbocycles. The Labute approximate surface area is 125 Å². The van der Waals surface area contributed by atoms with Gasteiger partial charge in [-0.05, 0) is 30.2 Å². The predicted molar refractivity (Wildman–Crippen MR) is 78.3 cm³/mol. The molecule has 0 radical (unpaired) electrons. The van der Waals surface area contributed by atoms with Crippen molar-refractivity contribution in [1.82, 2.24) is 0 Å². The van der Waals surface area contributed by atoms with Gasteiger partial charge >= 0.3 is 0 Å². The number of rotatable bonds is 6. The van der Waals surface area contributed by atoms with Crippen molar-refractivity contribution in [2.24, 2.45) is 0 Å². The third kappa shape index (κ3) is 3.76. The maximum Gasteiger partial charge on any atom is 0.292 e. The second kappa shape index (κ2) is 6.95. The Morgan fingerprint density at radius 2 is 1.95 bits per heavy atom. The van der Waals surface area contributed by atoms with Gasteiger partial charge in [-0.15, -0.1) is 0 Å². The van der Waals surface area contributed by atoms with E-state index < -0.39 is 16.6 Å². The number of nitro benzene ring substituents is 1. The van der Waals surface area contributed by atoms with Gasteiger partial charge in [0.1, 0.15) is 17.3 Å². The normalized spacial score (nSPS) is 10.5. The topological polar surface area (TPSA) is 64.4 Å². The van der Waals surface area contributed by atoms with E-state index in [4.69, 9.17) is 4.74 Å². The molecule has 5 nitrogen and oxygen atoms in total. The lowest BCUT2D eigenvalue weighted by atomic mass is 10.1. The second-order valence-corrected chi connectivity index (χ2v) is 4.60. The van der Waals surface area contributed by atoms with Crippen LogP contribution in [0, 0.1) is 21.7 Å². The number of anilines is 2. The summed E-state index contributed by atoms with van der Waals surface area (Å²) in [5.41, 5.74) is 0.722. The molecule has 0 unspecified atom stereocenters. The number of methoxy groups -OCH3 is 1. The van der Waals surface area contributed by atoms with Gasteiger partial charge in [-0.3, -0.25) is 10.1 Å². The van der Waals surface area contributed by atoms with Crippen molar-refractivity contribution in [3.05, 3.63) is 63.7 Å². The fourth-order valence-corrected chi connectivity index (χ4v) is 1.95. The van der Waals surface area contributed by atoms with Gasteiger partial charge in [-0.1, -0.05) is 6.07 Å². The van der Waals surface area contributed by atoms with Crippen LogP contribution in [0.5, 0.6) is 0 Å². The molecule has 0 aliphatic rings. The van der Waals surface area contributed by atoms with Crippen molar-refractivity contribution < 1.29 is 18.4 Å². The number of nitrogens with zero attached hydrogens (tertiary/aromatic N) is 1. The van der Waals surface area contributed by atoms with Crippen molar-refractivity contribution in [3.8, 4) is 0 Å². The average Bonchev–Trinajstić information content (AvgIpc) is 2.48. The summed E-state index contributed by atoms with van der Waals surface area (Å²) in [4.78, 5) is 10.5. The molecule has 0 aliphatic carbocycles. The Morgan fingerprint density at radius 1 is 1.18 bits per heavy atom. The summed E-state index contributed by atoms with van der Waals surface area (Å²) in [5.74, 6) is -1.54. The Kier molecular flexibility index (Phi) is 5.00. The van der Waals surface area contributed by atoms with Crippen molar-refractivity contribution in [2.75, 3.05) is 19.0 Å². The summed E-state index contributed by atoms with van der Waals surface area (Å²) in [7, 11) is 1.55. The zero-order valence-corrected chi connectivity index (χ0v) is 11.8. The maximum absolute atomic E-state index is 13.7. The number of hydrogen-bond donors (Lipinski definition) is 1. The van der Waals surface area contributed by atoms with Gasteiger partial charge in [0.15, 0.2) is 0 Å². The molecule has 0 saturated heterocycles. The summed E-state index contributed by atoms with van der Waals surface area (Å²) in [6.07, 6.45) is 0.565. The number of halogens is 2. The van der Waals surface area contributed by atoms with Gasteiger partial charge in [0.2, 0.25) is 0 Å². The number of ether oxygens (including phenoxy) is 1. The maximum atomic E-state index is 13.7. The Morgan fingerprint density at radius 3 is 2.59 bits per heavy atom. The van der Waals surface area contributed by atoms with E-state index in [9.17, 15) is 18.9 Å². The van der Waals surface area contributed by atoms with Crippen LogP contribution >= 0.6 is 0 Å². The minimum absolute atomic E-state index is 0.0339. The molecule has 7 heteroatoms.